The molecule has 0 spiro atoms. The summed E-state index contributed by atoms with van der Waals surface area (Å²) in [4.78, 5) is 13.7. The predicted molar refractivity (Wildman–Crippen MR) is 69.1 cm³/mol. The van der Waals surface area contributed by atoms with Crippen LogP contribution in [0, 0.1) is 11.8 Å². The van der Waals surface area contributed by atoms with Crippen LogP contribution in [0.25, 0.3) is 0 Å². The SMILES string of the molecule is COC(=O)C(C)N1CC2CCCC(N)C2C1.Cl. The van der Waals surface area contributed by atoms with Crippen molar-refractivity contribution in [3.63, 3.8) is 0 Å². The van der Waals surface area contributed by atoms with Gasteiger partial charge in [-0.05, 0) is 31.6 Å². The normalized spacial score (nSPS) is 34.6. The van der Waals surface area contributed by atoms with Gasteiger partial charge in [0.1, 0.15) is 6.04 Å². The molecule has 1 aliphatic heterocycles. The van der Waals surface area contributed by atoms with Crippen molar-refractivity contribution in [2.45, 2.75) is 38.3 Å². The van der Waals surface area contributed by atoms with Gasteiger partial charge in [0, 0.05) is 19.1 Å². The van der Waals surface area contributed by atoms with Gasteiger partial charge in [0.2, 0.25) is 0 Å². The minimum atomic E-state index is -0.132. The number of fused-ring (bicyclic) bond motifs is 1. The Kier molecular flexibility index (Phi) is 5.22. The zero-order valence-corrected chi connectivity index (χ0v) is 11.4. The molecule has 4 unspecified atom stereocenters. The average Bonchev–Trinajstić information content (AvgIpc) is 2.72. The number of rotatable bonds is 2. The van der Waals surface area contributed by atoms with Gasteiger partial charge in [-0.15, -0.1) is 12.4 Å². The number of nitrogens with zero attached hydrogens (tertiary/aromatic N) is 1. The molecule has 2 N–H and O–H groups in total. The van der Waals surface area contributed by atoms with Gasteiger partial charge in [-0.25, -0.2) is 0 Å². The maximum absolute atomic E-state index is 11.5. The molecule has 1 saturated carbocycles. The van der Waals surface area contributed by atoms with E-state index in [0.29, 0.717) is 17.9 Å². The highest BCUT2D eigenvalue weighted by Gasteiger charge is 2.41. The second kappa shape index (κ2) is 6.03. The van der Waals surface area contributed by atoms with Crippen molar-refractivity contribution in [2.75, 3.05) is 20.2 Å². The maximum Gasteiger partial charge on any atom is 0.322 e. The summed E-state index contributed by atoms with van der Waals surface area (Å²) in [6, 6.07) is 0.205. The zero-order chi connectivity index (χ0) is 11.7. The van der Waals surface area contributed by atoms with Crippen molar-refractivity contribution in [1.29, 1.82) is 0 Å². The lowest BCUT2D eigenvalue weighted by Crippen LogP contribution is -2.40. The van der Waals surface area contributed by atoms with Crippen molar-refractivity contribution in [3.8, 4) is 0 Å². The fourth-order valence-electron chi connectivity index (χ4n) is 3.19. The van der Waals surface area contributed by atoms with Crippen LogP contribution in [0.5, 0.6) is 0 Å². The predicted octanol–water partition coefficient (Wildman–Crippen LogP) is 1.03. The average molecular weight is 263 g/mol. The molecular formula is C12H23ClN2O2. The Hall–Kier alpha value is -0.320. The van der Waals surface area contributed by atoms with E-state index in [9.17, 15) is 4.79 Å². The second-order valence-corrected chi connectivity index (χ2v) is 5.17. The fourth-order valence-corrected chi connectivity index (χ4v) is 3.19. The van der Waals surface area contributed by atoms with Crippen molar-refractivity contribution >= 4 is 18.4 Å². The molecule has 4 atom stereocenters. The molecule has 0 amide bonds. The van der Waals surface area contributed by atoms with Gasteiger partial charge in [-0.2, -0.15) is 0 Å². The standard InChI is InChI=1S/C12H22N2O2.ClH/c1-8(12(15)16-2)14-6-9-4-3-5-11(13)10(9)7-14;/h8-11H,3-7,13H2,1-2H3;1H. The van der Waals surface area contributed by atoms with Crippen LogP contribution in [0.4, 0.5) is 0 Å². The number of methoxy groups -OCH3 is 1. The van der Waals surface area contributed by atoms with E-state index in [1.807, 2.05) is 6.92 Å². The molecule has 0 aromatic carbocycles. The molecule has 1 heterocycles. The number of carbonyl (C=O) groups excluding carboxylic acids is 1. The van der Waals surface area contributed by atoms with Crippen LogP contribution in [0.3, 0.4) is 0 Å². The third-order valence-corrected chi connectivity index (χ3v) is 4.27. The Bertz CT molecular complexity index is 275. The lowest BCUT2D eigenvalue weighted by molar-refractivity contribution is -0.146. The number of hydrogen-bond acceptors (Lipinski definition) is 4. The molecule has 100 valence electrons. The molecule has 4 nitrogen and oxygen atoms in total. The first-order valence-corrected chi connectivity index (χ1v) is 6.21. The van der Waals surface area contributed by atoms with Crippen LogP contribution >= 0.6 is 12.4 Å². The Balaban J connectivity index is 0.00000144. The van der Waals surface area contributed by atoms with Gasteiger partial charge < -0.3 is 10.5 Å². The highest BCUT2D eigenvalue weighted by Crippen LogP contribution is 2.36. The van der Waals surface area contributed by atoms with Gasteiger partial charge >= 0.3 is 5.97 Å². The van der Waals surface area contributed by atoms with Crippen LogP contribution in [-0.4, -0.2) is 43.2 Å². The molecule has 1 saturated heterocycles. The molecule has 5 heteroatoms. The van der Waals surface area contributed by atoms with E-state index >= 15 is 0 Å². The summed E-state index contributed by atoms with van der Waals surface area (Å²) in [5.74, 6) is 1.14. The Morgan fingerprint density at radius 1 is 1.41 bits per heavy atom. The number of halogens is 1. The van der Waals surface area contributed by atoms with Crippen LogP contribution in [0.1, 0.15) is 26.2 Å². The molecule has 2 rings (SSSR count). The monoisotopic (exact) mass is 262 g/mol. The van der Waals surface area contributed by atoms with Gasteiger partial charge in [-0.1, -0.05) is 6.42 Å². The Morgan fingerprint density at radius 2 is 2.12 bits per heavy atom. The van der Waals surface area contributed by atoms with Crippen LogP contribution < -0.4 is 5.73 Å². The lowest BCUT2D eigenvalue weighted by Gasteiger charge is -2.30. The Labute approximate surface area is 109 Å². The van der Waals surface area contributed by atoms with E-state index < -0.39 is 0 Å². The molecule has 0 aromatic rings. The van der Waals surface area contributed by atoms with Crippen LogP contribution in [0.15, 0.2) is 0 Å². The minimum absolute atomic E-state index is 0. The number of hydrogen-bond donors (Lipinski definition) is 1. The maximum atomic E-state index is 11.5. The minimum Gasteiger partial charge on any atom is -0.468 e. The first kappa shape index (κ1) is 14.7. The molecule has 2 fully saturated rings. The highest BCUT2D eigenvalue weighted by atomic mass is 35.5. The second-order valence-electron chi connectivity index (χ2n) is 5.17. The van der Waals surface area contributed by atoms with Crippen molar-refractivity contribution in [3.05, 3.63) is 0 Å². The molecule has 17 heavy (non-hydrogen) atoms. The van der Waals surface area contributed by atoms with E-state index in [1.54, 1.807) is 0 Å². The highest BCUT2D eigenvalue weighted by molar-refractivity contribution is 5.85. The van der Waals surface area contributed by atoms with Crippen molar-refractivity contribution in [2.24, 2.45) is 17.6 Å². The fraction of sp³-hybridized carbons (Fsp3) is 0.917. The summed E-state index contributed by atoms with van der Waals surface area (Å²) in [5, 5.41) is 0. The summed E-state index contributed by atoms with van der Waals surface area (Å²) < 4.78 is 4.79. The molecule has 0 bridgehead atoms. The summed E-state index contributed by atoms with van der Waals surface area (Å²) in [6.45, 7) is 3.89. The third kappa shape index (κ3) is 2.92. The molecule has 2 aliphatic rings. The topological polar surface area (TPSA) is 55.6 Å². The largest absolute Gasteiger partial charge is 0.468 e. The number of carbonyl (C=O) groups is 1. The lowest BCUT2D eigenvalue weighted by atomic mass is 9.78. The van der Waals surface area contributed by atoms with E-state index in [2.05, 4.69) is 4.90 Å². The van der Waals surface area contributed by atoms with Gasteiger partial charge in [-0.3, -0.25) is 9.69 Å². The van der Waals surface area contributed by atoms with Gasteiger partial charge in [0.25, 0.3) is 0 Å². The molecular weight excluding hydrogens is 240 g/mol. The number of ether oxygens (including phenoxy) is 1. The zero-order valence-electron chi connectivity index (χ0n) is 10.6. The van der Waals surface area contributed by atoms with E-state index in [1.165, 1.54) is 20.0 Å². The smallest absolute Gasteiger partial charge is 0.322 e. The van der Waals surface area contributed by atoms with E-state index in [0.717, 1.165) is 19.5 Å². The summed E-state index contributed by atoms with van der Waals surface area (Å²) in [7, 11) is 1.45. The van der Waals surface area contributed by atoms with Gasteiger partial charge in [0.15, 0.2) is 0 Å². The number of likely N-dealkylation sites (tertiary alicyclic amines) is 1. The van der Waals surface area contributed by atoms with Crippen molar-refractivity contribution < 1.29 is 9.53 Å². The van der Waals surface area contributed by atoms with Gasteiger partial charge in [0.05, 0.1) is 7.11 Å². The first-order valence-electron chi connectivity index (χ1n) is 6.21. The number of esters is 1. The van der Waals surface area contributed by atoms with Crippen LogP contribution in [0.2, 0.25) is 0 Å². The molecule has 0 aromatic heterocycles. The first-order chi connectivity index (χ1) is 7.63. The summed E-state index contributed by atoms with van der Waals surface area (Å²) in [6.07, 6.45) is 3.65. The summed E-state index contributed by atoms with van der Waals surface area (Å²) >= 11 is 0. The number of nitrogens with two attached hydrogens (primary N) is 1. The molecule has 1 aliphatic carbocycles. The third-order valence-electron chi connectivity index (χ3n) is 4.27. The van der Waals surface area contributed by atoms with E-state index in [-0.39, 0.29) is 24.4 Å². The van der Waals surface area contributed by atoms with Crippen molar-refractivity contribution in [1.82, 2.24) is 4.90 Å². The Morgan fingerprint density at radius 3 is 2.71 bits per heavy atom. The molecule has 0 radical (unpaired) electrons. The van der Waals surface area contributed by atoms with Crippen LogP contribution in [-0.2, 0) is 9.53 Å². The summed E-state index contributed by atoms with van der Waals surface area (Å²) in [5.41, 5.74) is 6.15. The van der Waals surface area contributed by atoms with E-state index in [4.69, 9.17) is 10.5 Å². The quantitative estimate of drug-likeness (QED) is 0.756.